The predicted octanol–water partition coefficient (Wildman–Crippen LogP) is 4.83. The third-order valence-electron chi connectivity index (χ3n) is 5.18. The molecule has 172 valence electrons. The lowest BCUT2D eigenvalue weighted by atomic mass is 10.2. The van der Waals surface area contributed by atoms with E-state index in [2.05, 4.69) is 20.8 Å². The number of anilines is 2. The molecule has 0 radical (unpaired) electrons. The first kappa shape index (κ1) is 22.8. The van der Waals surface area contributed by atoms with E-state index in [9.17, 15) is 9.59 Å². The fourth-order valence-corrected chi connectivity index (χ4v) is 4.56. The minimum Gasteiger partial charge on any atom is -0.497 e. The third-order valence-corrected chi connectivity index (χ3v) is 6.46. The molecule has 2 heterocycles. The van der Waals surface area contributed by atoms with Crippen LogP contribution < -0.4 is 20.1 Å². The number of carbonyl (C=O) groups is 2. The Kier molecular flexibility index (Phi) is 6.95. The number of hydrogen-bond donors (Lipinski definition) is 2. The van der Waals surface area contributed by atoms with E-state index in [0.717, 1.165) is 12.8 Å². The molecule has 0 spiro atoms. The molecular formula is C22H22ClN5O4S. The highest BCUT2D eigenvalue weighted by Gasteiger charge is 2.33. The maximum Gasteiger partial charge on any atom is 0.322 e. The zero-order valence-corrected chi connectivity index (χ0v) is 19.6. The summed E-state index contributed by atoms with van der Waals surface area (Å²) >= 11 is 7.06. The van der Waals surface area contributed by atoms with Gasteiger partial charge in [-0.25, -0.2) is 4.79 Å². The van der Waals surface area contributed by atoms with Crippen LogP contribution in [-0.4, -0.2) is 47.8 Å². The number of rotatable bonds is 6. The molecule has 0 aliphatic carbocycles. The number of ether oxygens (including phenoxy) is 2. The first-order valence-electron chi connectivity index (χ1n) is 10.2. The number of benzene rings is 2. The summed E-state index contributed by atoms with van der Waals surface area (Å²) in [5.41, 5.74) is 1.11. The third kappa shape index (κ3) is 5.18. The van der Waals surface area contributed by atoms with Crippen LogP contribution in [0.4, 0.5) is 16.2 Å². The molecule has 3 aromatic rings. The highest BCUT2D eigenvalue weighted by molar-refractivity contribution is 7.13. The van der Waals surface area contributed by atoms with Gasteiger partial charge in [0, 0.05) is 23.3 Å². The summed E-state index contributed by atoms with van der Waals surface area (Å²) in [4.78, 5) is 27.3. The molecule has 1 atom stereocenters. The van der Waals surface area contributed by atoms with Gasteiger partial charge < -0.3 is 25.0 Å². The van der Waals surface area contributed by atoms with Crippen molar-refractivity contribution in [2.24, 2.45) is 0 Å². The standard InChI is InChI=1S/C22H22ClN5O4S/c1-31-15-9-10-18(32-2)16(12-15)25-22(30)28-11-3-4-17(28)20-26-27-21(33-20)19(29)24-14-7-5-13(23)6-8-14/h5-10,12,17H,3-4,11H2,1-2H3,(H,24,29)(H,25,30). The Labute approximate surface area is 199 Å². The molecule has 2 N–H and O–H groups in total. The Bertz CT molecular complexity index is 1150. The van der Waals surface area contributed by atoms with E-state index in [0.29, 0.717) is 39.4 Å². The van der Waals surface area contributed by atoms with Crippen molar-refractivity contribution in [2.45, 2.75) is 18.9 Å². The second-order valence-electron chi connectivity index (χ2n) is 7.25. The lowest BCUT2D eigenvalue weighted by molar-refractivity contribution is 0.102. The molecule has 1 saturated heterocycles. The monoisotopic (exact) mass is 487 g/mol. The van der Waals surface area contributed by atoms with Gasteiger partial charge in [0.05, 0.1) is 25.9 Å². The Balaban J connectivity index is 1.46. The summed E-state index contributed by atoms with van der Waals surface area (Å²) in [6, 6.07) is 11.4. The number of nitrogens with one attached hydrogen (secondary N) is 2. The smallest absolute Gasteiger partial charge is 0.322 e. The molecule has 2 aromatic carbocycles. The summed E-state index contributed by atoms with van der Waals surface area (Å²) in [6.07, 6.45) is 1.55. The van der Waals surface area contributed by atoms with E-state index in [4.69, 9.17) is 21.1 Å². The molecular weight excluding hydrogens is 466 g/mol. The zero-order chi connectivity index (χ0) is 23.4. The Morgan fingerprint density at radius 3 is 2.61 bits per heavy atom. The van der Waals surface area contributed by atoms with E-state index < -0.39 is 0 Å². The summed E-state index contributed by atoms with van der Waals surface area (Å²) < 4.78 is 10.6. The van der Waals surface area contributed by atoms with Gasteiger partial charge in [0.2, 0.25) is 5.01 Å². The van der Waals surface area contributed by atoms with Crippen LogP contribution in [0.3, 0.4) is 0 Å². The largest absolute Gasteiger partial charge is 0.497 e. The Morgan fingerprint density at radius 2 is 1.88 bits per heavy atom. The van der Waals surface area contributed by atoms with Gasteiger partial charge in [-0.2, -0.15) is 0 Å². The van der Waals surface area contributed by atoms with Crippen molar-refractivity contribution in [1.82, 2.24) is 15.1 Å². The van der Waals surface area contributed by atoms with Gasteiger partial charge in [-0.05, 0) is 49.2 Å². The van der Waals surface area contributed by atoms with Crippen LogP contribution in [0.2, 0.25) is 5.02 Å². The molecule has 11 heteroatoms. The number of amides is 3. The molecule has 1 fully saturated rings. The van der Waals surface area contributed by atoms with E-state index in [-0.39, 0.29) is 23.0 Å². The summed E-state index contributed by atoms with van der Waals surface area (Å²) in [5, 5.41) is 15.3. The topological polar surface area (TPSA) is 106 Å². The van der Waals surface area contributed by atoms with Crippen molar-refractivity contribution in [3.05, 3.63) is 57.5 Å². The van der Waals surface area contributed by atoms with Crippen LogP contribution in [0.15, 0.2) is 42.5 Å². The summed E-state index contributed by atoms with van der Waals surface area (Å²) in [5.74, 6) is 0.762. The zero-order valence-electron chi connectivity index (χ0n) is 18.0. The predicted molar refractivity (Wildman–Crippen MR) is 127 cm³/mol. The van der Waals surface area contributed by atoms with Gasteiger partial charge >= 0.3 is 6.03 Å². The van der Waals surface area contributed by atoms with Gasteiger partial charge in [-0.15, -0.1) is 10.2 Å². The van der Waals surface area contributed by atoms with Crippen LogP contribution in [-0.2, 0) is 0 Å². The number of hydrogen-bond acceptors (Lipinski definition) is 7. The van der Waals surface area contributed by atoms with E-state index in [1.807, 2.05) is 0 Å². The quantitative estimate of drug-likeness (QED) is 0.516. The van der Waals surface area contributed by atoms with Crippen LogP contribution in [0.25, 0.3) is 0 Å². The molecule has 0 saturated carbocycles. The highest BCUT2D eigenvalue weighted by atomic mass is 35.5. The highest BCUT2D eigenvalue weighted by Crippen LogP contribution is 2.35. The molecule has 33 heavy (non-hydrogen) atoms. The van der Waals surface area contributed by atoms with Gasteiger partial charge in [0.1, 0.15) is 16.5 Å². The molecule has 0 bridgehead atoms. The van der Waals surface area contributed by atoms with Crippen LogP contribution in [0, 0.1) is 0 Å². The van der Waals surface area contributed by atoms with Crippen molar-refractivity contribution in [3.8, 4) is 11.5 Å². The molecule has 1 aliphatic heterocycles. The summed E-state index contributed by atoms with van der Waals surface area (Å²) in [6.45, 7) is 0.564. The van der Waals surface area contributed by atoms with Gasteiger partial charge in [-0.1, -0.05) is 22.9 Å². The maximum absolute atomic E-state index is 13.1. The molecule has 9 nitrogen and oxygen atoms in total. The van der Waals surface area contributed by atoms with E-state index in [1.165, 1.54) is 18.4 Å². The van der Waals surface area contributed by atoms with Crippen LogP contribution >= 0.6 is 22.9 Å². The maximum atomic E-state index is 13.1. The van der Waals surface area contributed by atoms with Gasteiger partial charge in [-0.3, -0.25) is 4.79 Å². The van der Waals surface area contributed by atoms with Crippen LogP contribution in [0.5, 0.6) is 11.5 Å². The van der Waals surface area contributed by atoms with Crippen molar-refractivity contribution in [3.63, 3.8) is 0 Å². The van der Waals surface area contributed by atoms with Crippen molar-refractivity contribution >= 4 is 46.3 Å². The normalized spacial score (nSPS) is 15.2. The first-order valence-corrected chi connectivity index (χ1v) is 11.4. The number of aromatic nitrogens is 2. The minimum absolute atomic E-state index is 0.224. The van der Waals surface area contributed by atoms with E-state index in [1.54, 1.807) is 54.5 Å². The van der Waals surface area contributed by atoms with Crippen molar-refractivity contribution in [2.75, 3.05) is 31.4 Å². The number of urea groups is 1. The second kappa shape index (κ2) is 10.1. The summed E-state index contributed by atoms with van der Waals surface area (Å²) in [7, 11) is 3.09. The Hall–Kier alpha value is -3.37. The first-order chi connectivity index (χ1) is 16.0. The lowest BCUT2D eigenvalue weighted by Gasteiger charge is -2.23. The SMILES string of the molecule is COc1ccc(OC)c(NC(=O)N2CCCC2c2nnc(C(=O)Nc3ccc(Cl)cc3)s2)c1. The number of nitrogens with zero attached hydrogens (tertiary/aromatic N) is 3. The Morgan fingerprint density at radius 1 is 1.09 bits per heavy atom. The molecule has 1 aromatic heterocycles. The molecule has 3 amide bonds. The molecule has 4 rings (SSSR count). The minimum atomic E-state index is -0.365. The fraction of sp³-hybridized carbons (Fsp3) is 0.273. The fourth-order valence-electron chi connectivity index (χ4n) is 3.54. The number of halogens is 1. The van der Waals surface area contributed by atoms with Crippen LogP contribution in [0.1, 0.15) is 33.7 Å². The average Bonchev–Trinajstić information content (AvgIpc) is 3.50. The lowest BCUT2D eigenvalue weighted by Crippen LogP contribution is -2.34. The van der Waals surface area contributed by atoms with Gasteiger partial charge in [0.15, 0.2) is 0 Å². The van der Waals surface area contributed by atoms with Gasteiger partial charge in [0.25, 0.3) is 5.91 Å². The van der Waals surface area contributed by atoms with Crippen molar-refractivity contribution in [1.29, 1.82) is 0 Å². The van der Waals surface area contributed by atoms with E-state index >= 15 is 0 Å². The molecule has 1 unspecified atom stereocenters. The average molecular weight is 488 g/mol. The number of methoxy groups -OCH3 is 2. The molecule has 1 aliphatic rings. The number of likely N-dealkylation sites (tertiary alicyclic amines) is 1. The van der Waals surface area contributed by atoms with Crippen molar-refractivity contribution < 1.29 is 19.1 Å². The second-order valence-corrected chi connectivity index (χ2v) is 8.70. The number of carbonyl (C=O) groups excluding carboxylic acids is 2.